The lowest BCUT2D eigenvalue weighted by Gasteiger charge is -2.14. The Labute approximate surface area is 119 Å². The first-order valence-electron chi connectivity index (χ1n) is 6.24. The van der Waals surface area contributed by atoms with Gasteiger partial charge in [-0.15, -0.1) is 0 Å². The summed E-state index contributed by atoms with van der Waals surface area (Å²) in [6.45, 7) is 1.70. The van der Waals surface area contributed by atoms with Gasteiger partial charge in [0.15, 0.2) is 5.15 Å². The molecule has 0 spiro atoms. The van der Waals surface area contributed by atoms with Crippen molar-refractivity contribution in [2.45, 2.75) is 25.8 Å². The first-order chi connectivity index (χ1) is 9.50. The van der Waals surface area contributed by atoms with Gasteiger partial charge in [0.1, 0.15) is 0 Å². The quantitative estimate of drug-likeness (QED) is 0.882. The minimum absolute atomic E-state index is 0.418. The minimum Gasteiger partial charge on any atom is -0.295 e. The zero-order valence-electron chi connectivity index (χ0n) is 10.9. The summed E-state index contributed by atoms with van der Waals surface area (Å²) in [6, 6.07) is 9.25. The van der Waals surface area contributed by atoms with Crippen LogP contribution in [0.25, 0.3) is 0 Å². The summed E-state index contributed by atoms with van der Waals surface area (Å²) in [6.07, 6.45) is 1.24. The van der Waals surface area contributed by atoms with Crippen LogP contribution >= 0.6 is 11.6 Å². The molecular weight excluding hydrogens is 283 g/mol. The van der Waals surface area contributed by atoms with E-state index in [1.165, 1.54) is 0 Å². The molecule has 0 saturated carbocycles. The van der Waals surface area contributed by atoms with Crippen LogP contribution in [0.4, 0.5) is 4.39 Å². The first kappa shape index (κ1) is 14.5. The van der Waals surface area contributed by atoms with Crippen molar-refractivity contribution in [3.8, 4) is 0 Å². The molecule has 0 saturated heterocycles. The lowest BCUT2D eigenvalue weighted by Crippen LogP contribution is -2.39. The molecule has 1 aromatic heterocycles. The van der Waals surface area contributed by atoms with Gasteiger partial charge < -0.3 is 0 Å². The van der Waals surface area contributed by atoms with E-state index in [2.05, 4.69) is 4.98 Å². The van der Waals surface area contributed by atoms with Crippen molar-refractivity contribution in [2.24, 2.45) is 0 Å². The van der Waals surface area contributed by atoms with Gasteiger partial charge in [-0.1, -0.05) is 41.9 Å². The molecule has 2 rings (SSSR count). The summed E-state index contributed by atoms with van der Waals surface area (Å²) >= 11 is 5.42. The van der Waals surface area contributed by atoms with Crippen LogP contribution in [0.3, 0.4) is 0 Å². The van der Waals surface area contributed by atoms with Gasteiger partial charge in [0, 0.05) is 6.04 Å². The topological polar surface area (TPSA) is 54.9 Å². The van der Waals surface area contributed by atoms with Crippen molar-refractivity contribution < 1.29 is 4.39 Å². The number of rotatable bonds is 4. The van der Waals surface area contributed by atoms with E-state index < -0.39 is 28.3 Å². The standard InChI is InChI=1S/C14H14ClFN2O2/c1-9(7-8-10-5-3-2-4-6-10)18-13(19)11(16)12(15)17-14(18)20/h2-6,9H,7-8H2,1H3,(H,17,20). The number of aryl methyl sites for hydroxylation is 1. The predicted molar refractivity (Wildman–Crippen MR) is 75.8 cm³/mol. The smallest absolute Gasteiger partial charge is 0.295 e. The number of H-pyrrole nitrogens is 1. The largest absolute Gasteiger partial charge is 0.329 e. The van der Waals surface area contributed by atoms with E-state index >= 15 is 0 Å². The highest BCUT2D eigenvalue weighted by molar-refractivity contribution is 6.29. The Balaban J connectivity index is 2.22. The van der Waals surface area contributed by atoms with Gasteiger partial charge in [-0.25, -0.2) is 4.79 Å². The Morgan fingerprint density at radius 1 is 1.30 bits per heavy atom. The Morgan fingerprint density at radius 3 is 2.60 bits per heavy atom. The van der Waals surface area contributed by atoms with E-state index in [1.807, 2.05) is 30.3 Å². The highest BCUT2D eigenvalue weighted by Gasteiger charge is 2.16. The van der Waals surface area contributed by atoms with Crippen LogP contribution in [0.1, 0.15) is 24.9 Å². The van der Waals surface area contributed by atoms with Gasteiger partial charge in [0.25, 0.3) is 5.56 Å². The number of aromatic nitrogens is 2. The van der Waals surface area contributed by atoms with Gasteiger partial charge >= 0.3 is 5.69 Å². The highest BCUT2D eigenvalue weighted by atomic mass is 35.5. The highest BCUT2D eigenvalue weighted by Crippen LogP contribution is 2.12. The van der Waals surface area contributed by atoms with E-state index in [-0.39, 0.29) is 0 Å². The predicted octanol–water partition coefficient (Wildman–Crippen LogP) is 2.52. The van der Waals surface area contributed by atoms with Crippen molar-refractivity contribution in [3.63, 3.8) is 0 Å². The molecule has 1 N–H and O–H groups in total. The summed E-state index contributed by atoms with van der Waals surface area (Å²) < 4.78 is 14.3. The van der Waals surface area contributed by atoms with Crippen LogP contribution in [0.15, 0.2) is 39.9 Å². The monoisotopic (exact) mass is 296 g/mol. The van der Waals surface area contributed by atoms with E-state index in [1.54, 1.807) is 6.92 Å². The van der Waals surface area contributed by atoms with Crippen molar-refractivity contribution in [2.75, 3.05) is 0 Å². The molecule has 1 aromatic carbocycles. The van der Waals surface area contributed by atoms with Crippen molar-refractivity contribution in [3.05, 3.63) is 67.7 Å². The number of aromatic amines is 1. The second kappa shape index (κ2) is 6.05. The van der Waals surface area contributed by atoms with Crippen LogP contribution in [0, 0.1) is 5.82 Å². The van der Waals surface area contributed by atoms with Crippen LogP contribution in [0.2, 0.25) is 5.15 Å². The zero-order valence-corrected chi connectivity index (χ0v) is 11.7. The SMILES string of the molecule is CC(CCc1ccccc1)n1c(=O)[nH]c(Cl)c(F)c1=O. The number of hydrogen-bond donors (Lipinski definition) is 1. The average molecular weight is 297 g/mol. The van der Waals surface area contributed by atoms with Crippen LogP contribution < -0.4 is 11.2 Å². The van der Waals surface area contributed by atoms with Gasteiger partial charge in [-0.3, -0.25) is 14.3 Å². The number of nitrogens with one attached hydrogen (secondary N) is 1. The molecule has 0 aliphatic carbocycles. The summed E-state index contributed by atoms with van der Waals surface area (Å²) in [5.41, 5.74) is -0.584. The molecule has 2 aromatic rings. The number of hydrogen-bond acceptors (Lipinski definition) is 2. The summed E-state index contributed by atoms with van der Waals surface area (Å²) in [5, 5.41) is -0.550. The summed E-state index contributed by atoms with van der Waals surface area (Å²) in [4.78, 5) is 25.6. The molecule has 0 bridgehead atoms. The molecule has 4 nitrogen and oxygen atoms in total. The molecule has 1 atom stereocenters. The van der Waals surface area contributed by atoms with Gasteiger partial charge in [0.05, 0.1) is 0 Å². The zero-order chi connectivity index (χ0) is 14.7. The molecule has 0 fully saturated rings. The second-order valence-corrected chi connectivity index (χ2v) is 4.98. The summed E-state index contributed by atoms with van der Waals surface area (Å²) in [7, 11) is 0. The Bertz CT molecular complexity index is 709. The molecule has 6 heteroatoms. The minimum atomic E-state index is -1.13. The third kappa shape index (κ3) is 2.99. The van der Waals surface area contributed by atoms with Crippen LogP contribution in [0.5, 0.6) is 0 Å². The molecule has 0 aliphatic heterocycles. The molecule has 1 unspecified atom stereocenters. The van der Waals surface area contributed by atoms with Gasteiger partial charge in [-0.2, -0.15) is 4.39 Å². The third-order valence-corrected chi connectivity index (χ3v) is 3.43. The van der Waals surface area contributed by atoms with E-state index in [4.69, 9.17) is 11.6 Å². The molecular formula is C14H14ClFN2O2. The van der Waals surface area contributed by atoms with Crippen LogP contribution in [-0.2, 0) is 6.42 Å². The Hall–Kier alpha value is -1.88. The maximum atomic E-state index is 13.5. The molecule has 1 heterocycles. The lowest BCUT2D eigenvalue weighted by atomic mass is 10.1. The molecule has 0 radical (unpaired) electrons. The Kier molecular flexibility index (Phi) is 4.39. The fourth-order valence-electron chi connectivity index (χ4n) is 2.05. The maximum Gasteiger partial charge on any atom is 0.329 e. The third-order valence-electron chi connectivity index (χ3n) is 3.17. The van der Waals surface area contributed by atoms with Crippen molar-refractivity contribution >= 4 is 11.6 Å². The van der Waals surface area contributed by atoms with Crippen molar-refractivity contribution in [1.82, 2.24) is 9.55 Å². The summed E-state index contributed by atoms with van der Waals surface area (Å²) in [5.74, 6) is -1.13. The average Bonchev–Trinajstić information content (AvgIpc) is 2.44. The molecule has 20 heavy (non-hydrogen) atoms. The molecule has 0 amide bonds. The lowest BCUT2D eigenvalue weighted by molar-refractivity contribution is 0.446. The second-order valence-electron chi connectivity index (χ2n) is 4.61. The van der Waals surface area contributed by atoms with Crippen LogP contribution in [-0.4, -0.2) is 9.55 Å². The maximum absolute atomic E-state index is 13.5. The normalized spacial score (nSPS) is 12.3. The van der Waals surface area contributed by atoms with Gasteiger partial charge in [-0.05, 0) is 25.3 Å². The van der Waals surface area contributed by atoms with E-state index in [0.717, 1.165) is 10.1 Å². The molecule has 106 valence electrons. The number of halogens is 2. The number of benzene rings is 1. The van der Waals surface area contributed by atoms with Gasteiger partial charge in [0.2, 0.25) is 5.82 Å². The number of nitrogens with zero attached hydrogens (tertiary/aromatic N) is 1. The Morgan fingerprint density at radius 2 is 1.95 bits per heavy atom. The molecule has 0 aliphatic rings. The fourth-order valence-corrected chi connectivity index (χ4v) is 2.21. The van der Waals surface area contributed by atoms with E-state index in [0.29, 0.717) is 12.8 Å². The van der Waals surface area contributed by atoms with E-state index in [9.17, 15) is 14.0 Å². The first-order valence-corrected chi connectivity index (χ1v) is 6.62. The van der Waals surface area contributed by atoms with Crippen molar-refractivity contribution in [1.29, 1.82) is 0 Å². The fraction of sp³-hybridized carbons (Fsp3) is 0.286.